The fourth-order valence-corrected chi connectivity index (χ4v) is 2.65. The molecule has 2 N–H and O–H groups in total. The highest BCUT2D eigenvalue weighted by molar-refractivity contribution is 6.33. The first kappa shape index (κ1) is 11.8. The van der Waals surface area contributed by atoms with E-state index in [1.165, 1.54) is 37.8 Å². The molecule has 3 rings (SSSR count). The summed E-state index contributed by atoms with van der Waals surface area (Å²) in [5, 5.41) is 12.9. The van der Waals surface area contributed by atoms with Gasteiger partial charge in [0.2, 0.25) is 0 Å². The molecule has 2 aliphatic carbocycles. The lowest BCUT2D eigenvalue weighted by atomic mass is 10.1. The van der Waals surface area contributed by atoms with Crippen molar-refractivity contribution in [2.45, 2.75) is 31.7 Å². The highest BCUT2D eigenvalue weighted by Gasteiger charge is 2.42. The maximum atomic E-state index is 12.2. The average molecular weight is 266 g/mol. The molecule has 1 aromatic carbocycles. The summed E-state index contributed by atoms with van der Waals surface area (Å²) in [6.07, 6.45) is 4.87. The zero-order chi connectivity index (χ0) is 12.7. The van der Waals surface area contributed by atoms with Crippen molar-refractivity contribution in [3.63, 3.8) is 0 Å². The maximum Gasteiger partial charge on any atom is 0.253 e. The van der Waals surface area contributed by atoms with Crippen LogP contribution in [0.5, 0.6) is 5.75 Å². The monoisotopic (exact) mass is 265 g/mol. The van der Waals surface area contributed by atoms with Crippen LogP contribution >= 0.6 is 11.6 Å². The molecular weight excluding hydrogens is 250 g/mol. The number of carbonyl (C=O) groups excluding carboxylic acids is 1. The predicted octanol–water partition coefficient (Wildman–Crippen LogP) is 2.96. The number of rotatable bonds is 4. The van der Waals surface area contributed by atoms with Crippen LogP contribution in [0.15, 0.2) is 18.2 Å². The summed E-state index contributed by atoms with van der Waals surface area (Å²) in [7, 11) is 0. The van der Waals surface area contributed by atoms with Crippen molar-refractivity contribution < 1.29 is 9.90 Å². The highest BCUT2D eigenvalue weighted by atomic mass is 35.5. The number of nitrogens with one attached hydrogen (secondary N) is 1. The first-order chi connectivity index (χ1) is 8.65. The Balaban J connectivity index is 1.75. The van der Waals surface area contributed by atoms with Gasteiger partial charge in [-0.05, 0) is 55.7 Å². The Morgan fingerprint density at radius 3 is 2.44 bits per heavy atom. The van der Waals surface area contributed by atoms with Gasteiger partial charge < -0.3 is 10.4 Å². The third-order valence-corrected chi connectivity index (χ3v) is 4.08. The number of aromatic hydroxyl groups is 1. The van der Waals surface area contributed by atoms with Gasteiger partial charge in [0, 0.05) is 6.04 Å². The van der Waals surface area contributed by atoms with E-state index in [1.807, 2.05) is 0 Å². The van der Waals surface area contributed by atoms with Crippen LogP contribution in [-0.4, -0.2) is 17.1 Å². The molecule has 0 bridgehead atoms. The normalized spacial score (nSPS) is 19.0. The van der Waals surface area contributed by atoms with Crippen molar-refractivity contribution in [3.05, 3.63) is 28.8 Å². The van der Waals surface area contributed by atoms with E-state index >= 15 is 0 Å². The number of amides is 1. The number of phenols is 1. The van der Waals surface area contributed by atoms with Crippen LogP contribution in [0.2, 0.25) is 5.02 Å². The van der Waals surface area contributed by atoms with E-state index < -0.39 is 0 Å². The first-order valence-corrected chi connectivity index (χ1v) is 6.82. The van der Waals surface area contributed by atoms with E-state index in [0.717, 1.165) is 0 Å². The summed E-state index contributed by atoms with van der Waals surface area (Å²) in [4.78, 5) is 12.2. The van der Waals surface area contributed by atoms with E-state index in [1.54, 1.807) is 6.07 Å². The molecule has 3 nitrogen and oxygen atoms in total. The SMILES string of the molecule is O=C(NC(C1CC1)C1CC1)c1cc(O)ccc1Cl. The number of halogens is 1. The molecule has 2 saturated carbocycles. The van der Waals surface area contributed by atoms with E-state index in [-0.39, 0.29) is 11.7 Å². The third kappa shape index (κ3) is 2.46. The summed E-state index contributed by atoms with van der Waals surface area (Å²) < 4.78 is 0. The number of phenolic OH excluding ortho intramolecular Hbond substituents is 1. The minimum atomic E-state index is -0.167. The predicted molar refractivity (Wildman–Crippen MR) is 69.8 cm³/mol. The fraction of sp³-hybridized carbons (Fsp3) is 0.500. The van der Waals surface area contributed by atoms with Crippen LogP contribution in [0.4, 0.5) is 0 Å². The molecule has 1 aromatic rings. The van der Waals surface area contributed by atoms with Gasteiger partial charge in [0.25, 0.3) is 5.91 Å². The lowest BCUT2D eigenvalue weighted by molar-refractivity contribution is 0.0926. The second-order valence-corrected chi connectivity index (χ2v) is 5.75. The van der Waals surface area contributed by atoms with Crippen molar-refractivity contribution in [3.8, 4) is 5.75 Å². The Bertz CT molecular complexity index is 469. The second kappa shape index (κ2) is 4.47. The summed E-state index contributed by atoms with van der Waals surface area (Å²) >= 11 is 5.99. The lowest BCUT2D eigenvalue weighted by Crippen LogP contribution is -2.38. The standard InChI is InChI=1S/C14H16ClNO2/c15-12-6-5-10(17)7-11(12)14(18)16-13(8-1-2-8)9-3-4-9/h5-9,13,17H,1-4H2,(H,16,18). The molecule has 0 aliphatic heterocycles. The van der Waals surface area contributed by atoms with Gasteiger partial charge in [0.15, 0.2) is 0 Å². The lowest BCUT2D eigenvalue weighted by Gasteiger charge is -2.18. The van der Waals surface area contributed by atoms with Crippen molar-refractivity contribution in [1.82, 2.24) is 5.32 Å². The van der Waals surface area contributed by atoms with E-state index in [2.05, 4.69) is 5.32 Å². The molecule has 0 spiro atoms. The Kier molecular flexibility index (Phi) is 2.94. The Hall–Kier alpha value is -1.22. The Morgan fingerprint density at radius 2 is 1.89 bits per heavy atom. The van der Waals surface area contributed by atoms with Crippen molar-refractivity contribution in [2.24, 2.45) is 11.8 Å². The van der Waals surface area contributed by atoms with Crippen LogP contribution in [0.25, 0.3) is 0 Å². The summed E-state index contributed by atoms with van der Waals surface area (Å²) in [5.74, 6) is 1.20. The first-order valence-electron chi connectivity index (χ1n) is 6.44. The van der Waals surface area contributed by atoms with Gasteiger partial charge in [-0.2, -0.15) is 0 Å². The van der Waals surface area contributed by atoms with Crippen LogP contribution in [0, 0.1) is 11.8 Å². The number of hydrogen-bond donors (Lipinski definition) is 2. The minimum absolute atomic E-state index is 0.0685. The van der Waals surface area contributed by atoms with Gasteiger partial charge in [0.1, 0.15) is 5.75 Å². The van der Waals surface area contributed by atoms with Crippen molar-refractivity contribution in [2.75, 3.05) is 0 Å². The molecule has 2 fully saturated rings. The zero-order valence-electron chi connectivity index (χ0n) is 10.0. The minimum Gasteiger partial charge on any atom is -0.508 e. The molecule has 1 amide bonds. The van der Waals surface area contributed by atoms with Gasteiger partial charge in [-0.1, -0.05) is 11.6 Å². The molecule has 18 heavy (non-hydrogen) atoms. The van der Waals surface area contributed by atoms with E-state index in [4.69, 9.17) is 11.6 Å². The number of benzene rings is 1. The third-order valence-electron chi connectivity index (χ3n) is 3.75. The van der Waals surface area contributed by atoms with E-state index in [9.17, 15) is 9.90 Å². The smallest absolute Gasteiger partial charge is 0.253 e. The molecule has 0 atom stereocenters. The molecule has 0 radical (unpaired) electrons. The molecule has 0 aromatic heterocycles. The molecule has 2 aliphatic rings. The molecule has 0 saturated heterocycles. The van der Waals surface area contributed by atoms with Crippen molar-refractivity contribution in [1.29, 1.82) is 0 Å². The number of hydrogen-bond acceptors (Lipinski definition) is 2. The molecule has 4 heteroatoms. The molecule has 0 heterocycles. The Labute approximate surface area is 111 Å². The molecular formula is C14H16ClNO2. The topological polar surface area (TPSA) is 49.3 Å². The Morgan fingerprint density at radius 1 is 1.28 bits per heavy atom. The largest absolute Gasteiger partial charge is 0.508 e. The molecule has 96 valence electrons. The van der Waals surface area contributed by atoms with Gasteiger partial charge >= 0.3 is 0 Å². The molecule has 0 unspecified atom stereocenters. The van der Waals surface area contributed by atoms with Gasteiger partial charge in [-0.3, -0.25) is 4.79 Å². The summed E-state index contributed by atoms with van der Waals surface area (Å²) in [6.45, 7) is 0. The van der Waals surface area contributed by atoms with Crippen LogP contribution in [0.3, 0.4) is 0 Å². The highest BCUT2D eigenvalue weighted by Crippen LogP contribution is 2.44. The van der Waals surface area contributed by atoms with Crippen LogP contribution in [0.1, 0.15) is 36.0 Å². The van der Waals surface area contributed by atoms with Gasteiger partial charge in [0.05, 0.1) is 10.6 Å². The summed E-state index contributed by atoms with van der Waals surface area (Å²) in [5.41, 5.74) is 0.364. The van der Waals surface area contributed by atoms with Crippen LogP contribution < -0.4 is 5.32 Å². The van der Waals surface area contributed by atoms with Crippen molar-refractivity contribution >= 4 is 17.5 Å². The quantitative estimate of drug-likeness (QED) is 0.879. The van der Waals surface area contributed by atoms with Gasteiger partial charge in [-0.15, -0.1) is 0 Å². The average Bonchev–Trinajstić information content (AvgIpc) is 3.21. The maximum absolute atomic E-state index is 12.2. The van der Waals surface area contributed by atoms with E-state index in [0.29, 0.717) is 28.5 Å². The zero-order valence-corrected chi connectivity index (χ0v) is 10.8. The summed E-state index contributed by atoms with van der Waals surface area (Å²) in [6, 6.07) is 4.76. The van der Waals surface area contributed by atoms with Gasteiger partial charge in [-0.25, -0.2) is 0 Å². The van der Waals surface area contributed by atoms with Crippen LogP contribution in [-0.2, 0) is 0 Å². The fourth-order valence-electron chi connectivity index (χ4n) is 2.45. The second-order valence-electron chi connectivity index (χ2n) is 5.34. The number of carbonyl (C=O) groups is 1.